The molecule has 0 aliphatic heterocycles. The normalized spacial score (nSPS) is 10.2. The van der Waals surface area contributed by atoms with Gasteiger partial charge in [0, 0.05) is 18.4 Å². The van der Waals surface area contributed by atoms with Crippen molar-refractivity contribution in [3.8, 4) is 0 Å². The highest BCUT2D eigenvalue weighted by atomic mass is 16.4. The van der Waals surface area contributed by atoms with Gasteiger partial charge in [0.2, 0.25) is 0 Å². The van der Waals surface area contributed by atoms with Gasteiger partial charge in [0.25, 0.3) is 0 Å². The summed E-state index contributed by atoms with van der Waals surface area (Å²) in [6.45, 7) is 3.04. The van der Waals surface area contributed by atoms with Crippen molar-refractivity contribution >= 4 is 11.7 Å². The number of carbonyl (C=O) groups is 1. The highest BCUT2D eigenvalue weighted by Crippen LogP contribution is 2.17. The summed E-state index contributed by atoms with van der Waals surface area (Å²) in [5, 5.41) is 8.87. The predicted molar refractivity (Wildman–Crippen MR) is 76.5 cm³/mol. The van der Waals surface area contributed by atoms with Crippen molar-refractivity contribution in [2.45, 2.75) is 19.9 Å². The van der Waals surface area contributed by atoms with E-state index >= 15 is 0 Å². The number of aromatic nitrogens is 2. The summed E-state index contributed by atoms with van der Waals surface area (Å²) in [6, 6.07) is 9.87. The molecular formula is C15H17N3O2. The molecule has 1 aromatic carbocycles. The molecule has 0 radical (unpaired) electrons. The topological polar surface area (TPSA) is 66.3 Å². The number of carboxylic acids is 1. The van der Waals surface area contributed by atoms with Gasteiger partial charge in [-0.15, -0.1) is 0 Å². The molecule has 0 saturated carbocycles. The van der Waals surface area contributed by atoms with E-state index in [2.05, 4.69) is 9.97 Å². The minimum Gasteiger partial charge on any atom is -0.481 e. The number of benzene rings is 1. The highest BCUT2D eigenvalue weighted by Gasteiger charge is 2.10. The molecule has 0 atom stereocenters. The van der Waals surface area contributed by atoms with E-state index in [1.807, 2.05) is 42.2 Å². The molecule has 0 bridgehead atoms. The summed E-state index contributed by atoms with van der Waals surface area (Å²) >= 11 is 0. The molecule has 0 unspecified atom stereocenters. The molecule has 5 nitrogen and oxygen atoms in total. The third-order valence-electron chi connectivity index (χ3n) is 2.99. The smallest absolute Gasteiger partial charge is 0.305 e. The van der Waals surface area contributed by atoms with Gasteiger partial charge < -0.3 is 10.0 Å². The Morgan fingerprint density at radius 2 is 2.00 bits per heavy atom. The zero-order chi connectivity index (χ0) is 14.4. The predicted octanol–water partition coefficient (Wildman–Crippen LogP) is 2.27. The molecule has 0 aliphatic carbocycles. The van der Waals surface area contributed by atoms with E-state index in [-0.39, 0.29) is 6.42 Å². The molecule has 0 amide bonds. The molecule has 0 fully saturated rings. The lowest BCUT2D eigenvalue weighted by molar-refractivity contribution is -0.136. The number of anilines is 1. The minimum absolute atomic E-state index is 0.0962. The number of carboxylic acid groups (broad SMARTS) is 1. The van der Waals surface area contributed by atoms with Crippen molar-refractivity contribution in [3.05, 3.63) is 54.1 Å². The molecule has 2 aromatic rings. The Morgan fingerprint density at radius 3 is 2.60 bits per heavy atom. The fraction of sp³-hybridized carbons (Fsp3) is 0.267. The zero-order valence-corrected chi connectivity index (χ0v) is 11.4. The van der Waals surface area contributed by atoms with Crippen molar-refractivity contribution in [3.63, 3.8) is 0 Å². The van der Waals surface area contributed by atoms with Gasteiger partial charge in [-0.05, 0) is 25.1 Å². The van der Waals surface area contributed by atoms with Gasteiger partial charge in [-0.3, -0.25) is 4.79 Å². The van der Waals surface area contributed by atoms with E-state index in [9.17, 15) is 4.79 Å². The van der Waals surface area contributed by atoms with Crippen LogP contribution in [-0.4, -0.2) is 27.6 Å². The van der Waals surface area contributed by atoms with Crippen LogP contribution >= 0.6 is 0 Å². The molecule has 0 aliphatic rings. The van der Waals surface area contributed by atoms with Crippen LogP contribution < -0.4 is 4.90 Å². The largest absolute Gasteiger partial charge is 0.481 e. The fourth-order valence-corrected chi connectivity index (χ4v) is 1.89. The highest BCUT2D eigenvalue weighted by molar-refractivity contribution is 5.67. The van der Waals surface area contributed by atoms with Crippen LogP contribution in [0.15, 0.2) is 42.9 Å². The van der Waals surface area contributed by atoms with Crippen LogP contribution in [0, 0.1) is 6.92 Å². The molecule has 0 spiro atoms. The van der Waals surface area contributed by atoms with Crippen molar-refractivity contribution in [2.75, 3.05) is 11.4 Å². The number of aryl methyl sites for hydroxylation is 1. The zero-order valence-electron chi connectivity index (χ0n) is 11.4. The Labute approximate surface area is 117 Å². The molecule has 5 heteroatoms. The first-order chi connectivity index (χ1) is 9.65. The Kier molecular flexibility index (Phi) is 4.65. The van der Waals surface area contributed by atoms with Gasteiger partial charge in [0.05, 0.1) is 18.7 Å². The maximum Gasteiger partial charge on any atom is 0.305 e. The Hall–Kier alpha value is -2.43. The summed E-state index contributed by atoms with van der Waals surface area (Å²) in [4.78, 5) is 20.9. The van der Waals surface area contributed by atoms with E-state index in [1.54, 1.807) is 6.20 Å². The van der Waals surface area contributed by atoms with Gasteiger partial charge in [-0.25, -0.2) is 9.97 Å². The summed E-state index contributed by atoms with van der Waals surface area (Å²) in [5.74, 6) is -0.801. The number of nitrogens with zero attached hydrogens (tertiary/aromatic N) is 3. The molecule has 1 N–H and O–H groups in total. The van der Waals surface area contributed by atoms with Gasteiger partial charge in [-0.1, -0.05) is 17.7 Å². The van der Waals surface area contributed by atoms with Crippen molar-refractivity contribution in [2.24, 2.45) is 0 Å². The van der Waals surface area contributed by atoms with E-state index in [0.29, 0.717) is 13.1 Å². The molecule has 2 rings (SSSR count). The number of aliphatic carboxylic acids is 1. The third kappa shape index (κ3) is 4.05. The van der Waals surface area contributed by atoms with Crippen LogP contribution in [0.5, 0.6) is 0 Å². The lowest BCUT2D eigenvalue weighted by Gasteiger charge is -2.24. The summed E-state index contributed by atoms with van der Waals surface area (Å²) < 4.78 is 0. The van der Waals surface area contributed by atoms with E-state index in [4.69, 9.17) is 5.11 Å². The Balaban J connectivity index is 2.15. The van der Waals surface area contributed by atoms with Crippen LogP contribution in [0.4, 0.5) is 5.69 Å². The molecular weight excluding hydrogens is 254 g/mol. The second-order valence-corrected chi connectivity index (χ2v) is 4.60. The van der Waals surface area contributed by atoms with Crippen molar-refractivity contribution < 1.29 is 9.90 Å². The molecule has 1 heterocycles. The first kappa shape index (κ1) is 14.0. The average Bonchev–Trinajstić information content (AvgIpc) is 2.45. The van der Waals surface area contributed by atoms with Crippen LogP contribution in [0.1, 0.15) is 17.7 Å². The van der Waals surface area contributed by atoms with E-state index in [0.717, 1.165) is 11.4 Å². The Bertz CT molecular complexity index is 555. The van der Waals surface area contributed by atoms with Gasteiger partial charge in [0.15, 0.2) is 0 Å². The average molecular weight is 271 g/mol. The van der Waals surface area contributed by atoms with Crippen LogP contribution in [0.2, 0.25) is 0 Å². The second-order valence-electron chi connectivity index (χ2n) is 4.60. The van der Waals surface area contributed by atoms with Crippen molar-refractivity contribution in [1.29, 1.82) is 0 Å². The van der Waals surface area contributed by atoms with E-state index in [1.165, 1.54) is 11.9 Å². The Morgan fingerprint density at radius 1 is 1.25 bits per heavy atom. The summed E-state index contributed by atoms with van der Waals surface area (Å²) in [5.41, 5.74) is 3.04. The van der Waals surface area contributed by atoms with Crippen LogP contribution in [-0.2, 0) is 11.3 Å². The fourth-order valence-electron chi connectivity index (χ4n) is 1.89. The molecule has 1 aromatic heterocycles. The minimum atomic E-state index is -0.801. The monoisotopic (exact) mass is 271 g/mol. The SMILES string of the molecule is Cc1ccc(N(CCC(=O)O)Cc2ccncn2)cc1. The first-order valence-electron chi connectivity index (χ1n) is 6.43. The molecule has 104 valence electrons. The van der Waals surface area contributed by atoms with E-state index < -0.39 is 5.97 Å². The molecule has 0 saturated heterocycles. The van der Waals surface area contributed by atoms with Gasteiger partial charge in [0.1, 0.15) is 6.33 Å². The maximum atomic E-state index is 10.8. The lowest BCUT2D eigenvalue weighted by Crippen LogP contribution is -2.26. The van der Waals surface area contributed by atoms with Gasteiger partial charge in [-0.2, -0.15) is 0 Å². The van der Waals surface area contributed by atoms with Crippen molar-refractivity contribution in [1.82, 2.24) is 9.97 Å². The van der Waals surface area contributed by atoms with Crippen LogP contribution in [0.3, 0.4) is 0 Å². The summed E-state index contributed by atoms with van der Waals surface area (Å²) in [6.07, 6.45) is 3.28. The number of hydrogen-bond acceptors (Lipinski definition) is 4. The lowest BCUT2D eigenvalue weighted by atomic mass is 10.2. The molecule has 20 heavy (non-hydrogen) atoms. The standard InChI is InChI=1S/C15H17N3O2/c1-12-2-4-14(5-3-12)18(9-7-15(19)20)10-13-6-8-16-11-17-13/h2-6,8,11H,7,9-10H2,1H3,(H,19,20). The second kappa shape index (κ2) is 6.65. The number of rotatable bonds is 6. The van der Waals surface area contributed by atoms with Crippen LogP contribution in [0.25, 0.3) is 0 Å². The first-order valence-corrected chi connectivity index (χ1v) is 6.43. The quantitative estimate of drug-likeness (QED) is 0.873. The number of hydrogen-bond donors (Lipinski definition) is 1. The van der Waals surface area contributed by atoms with Gasteiger partial charge >= 0.3 is 5.97 Å². The third-order valence-corrected chi connectivity index (χ3v) is 2.99. The summed E-state index contributed by atoms with van der Waals surface area (Å²) in [7, 11) is 0. The maximum absolute atomic E-state index is 10.8.